The van der Waals surface area contributed by atoms with Gasteiger partial charge in [0.2, 0.25) is 0 Å². The molecule has 0 saturated heterocycles. The van der Waals surface area contributed by atoms with Crippen LogP contribution in [0.1, 0.15) is 11.1 Å². The molecule has 0 aromatic heterocycles. The van der Waals surface area contributed by atoms with Crippen molar-refractivity contribution in [3.8, 4) is 5.75 Å². The van der Waals surface area contributed by atoms with Gasteiger partial charge in [-0.05, 0) is 51.2 Å². The topological polar surface area (TPSA) is 12.5 Å². The number of hydrogen-bond acceptors (Lipinski definition) is 2. The SMILES string of the molecule is Cc1cc(OCCN(C)C)cc(C)c1Br. The normalized spacial score (nSPS) is 10.8. The number of likely N-dealkylation sites (N-methyl/N-ethyl adjacent to an activating group) is 1. The van der Waals surface area contributed by atoms with E-state index < -0.39 is 0 Å². The minimum absolute atomic E-state index is 0.730. The third-order valence-corrected chi connectivity index (χ3v) is 3.47. The molecule has 0 bridgehead atoms. The Kier molecular flexibility index (Phi) is 4.61. The number of aryl methyl sites for hydroxylation is 2. The lowest BCUT2D eigenvalue weighted by atomic mass is 10.1. The zero-order valence-electron chi connectivity index (χ0n) is 9.80. The van der Waals surface area contributed by atoms with Crippen molar-refractivity contribution in [1.29, 1.82) is 0 Å². The fourth-order valence-electron chi connectivity index (χ4n) is 1.34. The molecule has 0 N–H and O–H groups in total. The summed E-state index contributed by atoms with van der Waals surface area (Å²) in [5, 5.41) is 0. The summed E-state index contributed by atoms with van der Waals surface area (Å²) in [7, 11) is 4.09. The number of hydrogen-bond donors (Lipinski definition) is 0. The average molecular weight is 272 g/mol. The number of rotatable bonds is 4. The molecule has 15 heavy (non-hydrogen) atoms. The van der Waals surface area contributed by atoms with Crippen LogP contribution < -0.4 is 4.74 Å². The van der Waals surface area contributed by atoms with Crippen LogP contribution in [0.5, 0.6) is 5.75 Å². The highest BCUT2D eigenvalue weighted by atomic mass is 79.9. The third kappa shape index (κ3) is 3.84. The van der Waals surface area contributed by atoms with E-state index in [-0.39, 0.29) is 0 Å². The van der Waals surface area contributed by atoms with Crippen LogP contribution in [0.25, 0.3) is 0 Å². The molecular formula is C12H18BrNO. The van der Waals surface area contributed by atoms with E-state index >= 15 is 0 Å². The van der Waals surface area contributed by atoms with Gasteiger partial charge in [-0.15, -0.1) is 0 Å². The predicted molar refractivity (Wildman–Crippen MR) is 67.7 cm³/mol. The Balaban J connectivity index is 2.63. The van der Waals surface area contributed by atoms with Crippen LogP contribution in [0.3, 0.4) is 0 Å². The highest BCUT2D eigenvalue weighted by Crippen LogP contribution is 2.26. The maximum atomic E-state index is 5.67. The van der Waals surface area contributed by atoms with E-state index in [0.29, 0.717) is 0 Å². The van der Waals surface area contributed by atoms with Gasteiger partial charge in [0.05, 0.1) is 0 Å². The van der Waals surface area contributed by atoms with E-state index in [2.05, 4.69) is 46.8 Å². The van der Waals surface area contributed by atoms with Crippen molar-refractivity contribution in [1.82, 2.24) is 4.90 Å². The smallest absolute Gasteiger partial charge is 0.119 e. The molecule has 0 aliphatic heterocycles. The van der Waals surface area contributed by atoms with Crippen LogP contribution in [0.2, 0.25) is 0 Å². The van der Waals surface area contributed by atoms with Gasteiger partial charge in [0, 0.05) is 11.0 Å². The first kappa shape index (κ1) is 12.5. The van der Waals surface area contributed by atoms with E-state index in [9.17, 15) is 0 Å². The van der Waals surface area contributed by atoms with Crippen molar-refractivity contribution in [2.75, 3.05) is 27.2 Å². The number of nitrogens with zero attached hydrogens (tertiary/aromatic N) is 1. The molecule has 0 spiro atoms. The molecule has 0 aliphatic rings. The van der Waals surface area contributed by atoms with Crippen molar-refractivity contribution in [2.24, 2.45) is 0 Å². The van der Waals surface area contributed by atoms with E-state index in [1.807, 2.05) is 14.1 Å². The molecule has 0 fully saturated rings. The predicted octanol–water partition coefficient (Wildman–Crippen LogP) is 3.01. The van der Waals surface area contributed by atoms with Crippen molar-refractivity contribution >= 4 is 15.9 Å². The highest BCUT2D eigenvalue weighted by Gasteiger charge is 2.02. The maximum absolute atomic E-state index is 5.67. The van der Waals surface area contributed by atoms with Crippen molar-refractivity contribution in [3.05, 3.63) is 27.7 Å². The minimum Gasteiger partial charge on any atom is -0.492 e. The standard InChI is InChI=1S/C12H18BrNO/c1-9-7-11(8-10(2)12(9)13)15-6-5-14(3)4/h7-8H,5-6H2,1-4H3. The Morgan fingerprint density at radius 2 is 1.73 bits per heavy atom. The van der Waals surface area contributed by atoms with Gasteiger partial charge in [0.25, 0.3) is 0 Å². The van der Waals surface area contributed by atoms with Gasteiger partial charge >= 0.3 is 0 Å². The highest BCUT2D eigenvalue weighted by molar-refractivity contribution is 9.10. The summed E-state index contributed by atoms with van der Waals surface area (Å²) in [5.74, 6) is 0.954. The molecule has 3 heteroatoms. The van der Waals surface area contributed by atoms with E-state index in [0.717, 1.165) is 18.9 Å². The molecular weight excluding hydrogens is 254 g/mol. The Morgan fingerprint density at radius 1 is 1.20 bits per heavy atom. The summed E-state index contributed by atoms with van der Waals surface area (Å²) in [6, 6.07) is 4.12. The van der Waals surface area contributed by atoms with E-state index in [1.54, 1.807) is 0 Å². The van der Waals surface area contributed by atoms with E-state index in [4.69, 9.17) is 4.74 Å². The molecule has 0 unspecified atom stereocenters. The quantitative estimate of drug-likeness (QED) is 0.835. The van der Waals surface area contributed by atoms with Gasteiger partial charge < -0.3 is 9.64 Å². The molecule has 1 rings (SSSR count). The summed E-state index contributed by atoms with van der Waals surface area (Å²) >= 11 is 3.54. The largest absolute Gasteiger partial charge is 0.492 e. The van der Waals surface area contributed by atoms with Gasteiger partial charge in [0.1, 0.15) is 12.4 Å². The first-order valence-corrected chi connectivity index (χ1v) is 5.84. The average Bonchev–Trinajstić information content (AvgIpc) is 2.13. The van der Waals surface area contributed by atoms with E-state index in [1.165, 1.54) is 15.6 Å². The monoisotopic (exact) mass is 271 g/mol. The number of ether oxygens (including phenoxy) is 1. The van der Waals surface area contributed by atoms with Crippen LogP contribution in [0.4, 0.5) is 0 Å². The second-order valence-corrected chi connectivity index (χ2v) is 4.82. The number of halogens is 1. The zero-order valence-corrected chi connectivity index (χ0v) is 11.4. The summed E-state index contributed by atoms with van der Waals surface area (Å²) in [6.07, 6.45) is 0. The molecule has 0 amide bonds. The summed E-state index contributed by atoms with van der Waals surface area (Å²) in [4.78, 5) is 2.11. The van der Waals surface area contributed by atoms with Gasteiger partial charge in [-0.2, -0.15) is 0 Å². The maximum Gasteiger partial charge on any atom is 0.119 e. The van der Waals surface area contributed by atoms with Crippen LogP contribution in [0, 0.1) is 13.8 Å². The fraction of sp³-hybridized carbons (Fsp3) is 0.500. The molecule has 84 valence electrons. The Bertz CT molecular complexity index is 313. The van der Waals surface area contributed by atoms with Gasteiger partial charge in [0.15, 0.2) is 0 Å². The Hall–Kier alpha value is -0.540. The third-order valence-electron chi connectivity index (χ3n) is 2.22. The second kappa shape index (κ2) is 5.52. The molecule has 0 radical (unpaired) electrons. The lowest BCUT2D eigenvalue weighted by Crippen LogP contribution is -2.19. The van der Waals surface area contributed by atoms with Crippen molar-refractivity contribution in [2.45, 2.75) is 13.8 Å². The van der Waals surface area contributed by atoms with Gasteiger partial charge in [-0.3, -0.25) is 0 Å². The molecule has 0 saturated carbocycles. The molecule has 2 nitrogen and oxygen atoms in total. The molecule has 0 heterocycles. The molecule has 1 aromatic carbocycles. The molecule has 0 aliphatic carbocycles. The van der Waals surface area contributed by atoms with Crippen LogP contribution in [0.15, 0.2) is 16.6 Å². The first-order valence-electron chi connectivity index (χ1n) is 5.05. The van der Waals surface area contributed by atoms with Crippen LogP contribution >= 0.6 is 15.9 Å². The molecule has 0 atom stereocenters. The molecule has 1 aromatic rings. The summed E-state index contributed by atoms with van der Waals surface area (Å²) in [6.45, 7) is 5.83. The Labute approximate surface area is 100 Å². The lowest BCUT2D eigenvalue weighted by molar-refractivity contribution is 0.261. The first-order chi connectivity index (χ1) is 7.00. The fourth-order valence-corrected chi connectivity index (χ4v) is 1.56. The second-order valence-electron chi connectivity index (χ2n) is 4.02. The van der Waals surface area contributed by atoms with Crippen molar-refractivity contribution < 1.29 is 4.74 Å². The minimum atomic E-state index is 0.730. The zero-order chi connectivity index (χ0) is 11.4. The van der Waals surface area contributed by atoms with Crippen LogP contribution in [-0.4, -0.2) is 32.1 Å². The van der Waals surface area contributed by atoms with Gasteiger partial charge in [-0.25, -0.2) is 0 Å². The van der Waals surface area contributed by atoms with Crippen LogP contribution in [-0.2, 0) is 0 Å². The van der Waals surface area contributed by atoms with Gasteiger partial charge in [-0.1, -0.05) is 15.9 Å². The summed E-state index contributed by atoms with van der Waals surface area (Å²) < 4.78 is 6.84. The van der Waals surface area contributed by atoms with Crippen molar-refractivity contribution in [3.63, 3.8) is 0 Å². The Morgan fingerprint density at radius 3 is 2.20 bits per heavy atom. The summed E-state index contributed by atoms with van der Waals surface area (Å²) in [5.41, 5.74) is 2.43. The lowest BCUT2D eigenvalue weighted by Gasteiger charge is -2.12. The number of benzene rings is 1.